The molecule has 0 bridgehead atoms. The van der Waals surface area contributed by atoms with Crippen LogP contribution >= 0.6 is 0 Å². The van der Waals surface area contributed by atoms with Crippen LogP contribution < -0.4 is 10.2 Å². The first-order valence-electron chi connectivity index (χ1n) is 11.4. The highest BCUT2D eigenvalue weighted by Crippen LogP contribution is 2.55. The van der Waals surface area contributed by atoms with Gasteiger partial charge in [-0.1, -0.05) is 42.5 Å². The number of rotatable bonds is 4. The van der Waals surface area contributed by atoms with Crippen LogP contribution in [-0.2, 0) is 21.6 Å². The summed E-state index contributed by atoms with van der Waals surface area (Å²) in [5.41, 5.74) is 3.17. The van der Waals surface area contributed by atoms with Crippen molar-refractivity contribution in [3.8, 4) is 6.07 Å². The first-order valence-corrected chi connectivity index (χ1v) is 11.4. The van der Waals surface area contributed by atoms with Gasteiger partial charge in [0.15, 0.2) is 0 Å². The molecule has 3 aliphatic heterocycles. The summed E-state index contributed by atoms with van der Waals surface area (Å²) in [5, 5.41) is 13.6. The fourth-order valence-corrected chi connectivity index (χ4v) is 5.71. The molecule has 0 saturated carbocycles. The summed E-state index contributed by atoms with van der Waals surface area (Å²) in [7, 11) is 3.87. The molecule has 1 saturated heterocycles. The summed E-state index contributed by atoms with van der Waals surface area (Å²) in [5.74, 6) is 0. The van der Waals surface area contributed by atoms with E-state index in [0.717, 1.165) is 22.4 Å². The minimum atomic E-state index is -0.582. The molecule has 7 nitrogen and oxygen atoms in total. The van der Waals surface area contributed by atoms with E-state index in [9.17, 15) is 10.1 Å². The van der Waals surface area contributed by atoms with Gasteiger partial charge in [0.2, 0.25) is 0 Å². The third kappa shape index (κ3) is 3.28. The molecule has 172 valence electrons. The number of benzene rings is 2. The smallest absolute Gasteiger partial charge is 0.410 e. The molecule has 1 amide bonds. The second-order valence-corrected chi connectivity index (χ2v) is 9.68. The number of likely N-dealkylation sites (N-methyl/N-ethyl adjacent to an activating group) is 2. The number of ether oxygens (including phenoxy) is 2. The Morgan fingerprint density at radius 1 is 1.24 bits per heavy atom. The standard InChI is InChI=1S/C26H30N4O3/c1-25(2)23(33-25)22-18-11-8-12-19-21(18)26(28-3,20(15-27)29(19)4)13-14-30(22)24(31)32-16-17-9-6-5-7-10-17/h5-12,20,22-23,28H,13-14,16H2,1-4H3/t20-,22+,23-,26-/m1/s1. The van der Waals surface area contributed by atoms with Gasteiger partial charge < -0.3 is 19.7 Å². The van der Waals surface area contributed by atoms with Crippen molar-refractivity contribution in [2.75, 3.05) is 25.5 Å². The van der Waals surface area contributed by atoms with Crippen molar-refractivity contribution >= 4 is 11.8 Å². The Bertz CT molecular complexity index is 1110. The van der Waals surface area contributed by atoms with E-state index in [-0.39, 0.29) is 36.5 Å². The summed E-state index contributed by atoms with van der Waals surface area (Å²) < 4.78 is 11.9. The fourth-order valence-electron chi connectivity index (χ4n) is 5.71. The van der Waals surface area contributed by atoms with E-state index < -0.39 is 5.54 Å². The first kappa shape index (κ1) is 21.7. The average molecular weight is 447 g/mol. The SMILES string of the molecule is CN[C@@]12CCN(C(=O)OCc3ccccc3)[C@H]([C@H]3OC3(C)C)c3cccc(c31)N(C)[C@@H]2C#N. The predicted octanol–water partition coefficient (Wildman–Crippen LogP) is 3.70. The fraction of sp³-hybridized carbons (Fsp3) is 0.462. The molecule has 0 radical (unpaired) electrons. The summed E-state index contributed by atoms with van der Waals surface area (Å²) in [6.45, 7) is 4.77. The van der Waals surface area contributed by atoms with Crippen LogP contribution in [0.4, 0.5) is 10.5 Å². The third-order valence-corrected chi connectivity index (χ3v) is 7.51. The molecule has 4 atom stereocenters. The Morgan fingerprint density at radius 3 is 2.61 bits per heavy atom. The summed E-state index contributed by atoms with van der Waals surface area (Å²) >= 11 is 0. The van der Waals surface area contributed by atoms with Gasteiger partial charge in [0.1, 0.15) is 18.8 Å². The molecule has 2 aromatic carbocycles. The van der Waals surface area contributed by atoms with Crippen LogP contribution in [0.5, 0.6) is 0 Å². The predicted molar refractivity (Wildman–Crippen MR) is 125 cm³/mol. The number of nitriles is 1. The summed E-state index contributed by atoms with van der Waals surface area (Å²) in [6, 6.07) is 17.7. The van der Waals surface area contributed by atoms with Crippen LogP contribution in [0.25, 0.3) is 0 Å². The number of anilines is 1. The van der Waals surface area contributed by atoms with Gasteiger partial charge in [0, 0.05) is 24.8 Å². The molecular formula is C26H30N4O3. The van der Waals surface area contributed by atoms with Crippen molar-refractivity contribution in [1.29, 1.82) is 5.26 Å². The first-order chi connectivity index (χ1) is 15.8. The van der Waals surface area contributed by atoms with Gasteiger partial charge in [-0.2, -0.15) is 5.26 Å². The molecule has 3 aliphatic rings. The number of nitrogens with one attached hydrogen (secondary N) is 1. The summed E-state index contributed by atoms with van der Waals surface area (Å²) in [6.07, 6.45) is 0.0911. The molecule has 1 fully saturated rings. The lowest BCUT2D eigenvalue weighted by Crippen LogP contribution is -2.52. The van der Waals surface area contributed by atoms with Gasteiger partial charge >= 0.3 is 6.09 Å². The molecule has 33 heavy (non-hydrogen) atoms. The molecule has 3 heterocycles. The Kier molecular flexibility index (Phi) is 5.11. The lowest BCUT2D eigenvalue weighted by atomic mass is 9.80. The minimum Gasteiger partial charge on any atom is -0.445 e. The van der Waals surface area contributed by atoms with Gasteiger partial charge in [0.05, 0.1) is 23.3 Å². The van der Waals surface area contributed by atoms with E-state index in [0.29, 0.717) is 13.0 Å². The molecular weight excluding hydrogens is 416 g/mol. The zero-order valence-corrected chi connectivity index (χ0v) is 19.5. The van der Waals surface area contributed by atoms with Gasteiger partial charge in [0.25, 0.3) is 0 Å². The molecule has 0 spiro atoms. The van der Waals surface area contributed by atoms with Crippen molar-refractivity contribution in [1.82, 2.24) is 10.2 Å². The topological polar surface area (TPSA) is 81.1 Å². The Hall–Kier alpha value is -3.08. The molecule has 0 aliphatic carbocycles. The Balaban J connectivity index is 1.57. The van der Waals surface area contributed by atoms with E-state index in [1.807, 2.05) is 55.4 Å². The number of amides is 1. The Labute approximate surface area is 194 Å². The number of hydrogen-bond donors (Lipinski definition) is 1. The number of nitrogens with zero attached hydrogens (tertiary/aromatic N) is 3. The van der Waals surface area contributed by atoms with Crippen molar-refractivity contribution in [2.24, 2.45) is 0 Å². The highest BCUT2D eigenvalue weighted by atomic mass is 16.6. The average Bonchev–Trinajstić information content (AvgIpc) is 3.41. The molecule has 0 aromatic heterocycles. The maximum atomic E-state index is 13.5. The van der Waals surface area contributed by atoms with E-state index in [4.69, 9.17) is 9.47 Å². The Morgan fingerprint density at radius 2 is 1.97 bits per heavy atom. The van der Waals surface area contributed by atoms with Gasteiger partial charge in [-0.3, -0.25) is 4.90 Å². The van der Waals surface area contributed by atoms with Crippen molar-refractivity contribution in [3.63, 3.8) is 0 Å². The number of hydrogen-bond acceptors (Lipinski definition) is 6. The maximum Gasteiger partial charge on any atom is 0.410 e. The quantitative estimate of drug-likeness (QED) is 0.722. The van der Waals surface area contributed by atoms with E-state index >= 15 is 0 Å². The number of carbonyl (C=O) groups excluding carboxylic acids is 1. The summed E-state index contributed by atoms with van der Waals surface area (Å²) in [4.78, 5) is 17.3. The van der Waals surface area contributed by atoms with Crippen LogP contribution in [-0.4, -0.2) is 49.4 Å². The van der Waals surface area contributed by atoms with E-state index in [2.05, 4.69) is 42.3 Å². The minimum absolute atomic E-state index is 0.146. The maximum absolute atomic E-state index is 13.5. The lowest BCUT2D eigenvalue weighted by Gasteiger charge is -2.34. The molecule has 7 heteroatoms. The third-order valence-electron chi connectivity index (χ3n) is 7.51. The second kappa shape index (κ2) is 7.75. The highest BCUT2D eigenvalue weighted by Gasteiger charge is 2.60. The van der Waals surface area contributed by atoms with Crippen LogP contribution in [0.15, 0.2) is 48.5 Å². The largest absolute Gasteiger partial charge is 0.445 e. The van der Waals surface area contributed by atoms with Crippen molar-refractivity contribution < 1.29 is 14.3 Å². The van der Waals surface area contributed by atoms with Crippen LogP contribution in [0, 0.1) is 11.3 Å². The zero-order chi connectivity index (χ0) is 23.4. The van der Waals surface area contributed by atoms with Crippen molar-refractivity contribution in [3.05, 3.63) is 65.2 Å². The normalized spacial score (nSPS) is 29.1. The zero-order valence-electron chi connectivity index (χ0n) is 19.5. The molecule has 5 rings (SSSR count). The highest BCUT2D eigenvalue weighted by molar-refractivity contribution is 5.73. The van der Waals surface area contributed by atoms with E-state index in [1.165, 1.54) is 0 Å². The van der Waals surface area contributed by atoms with Crippen LogP contribution in [0.3, 0.4) is 0 Å². The van der Waals surface area contributed by atoms with Gasteiger partial charge in [-0.05, 0) is 44.5 Å². The van der Waals surface area contributed by atoms with Gasteiger partial charge in [-0.15, -0.1) is 0 Å². The number of epoxide rings is 1. The number of carbonyl (C=O) groups is 1. The van der Waals surface area contributed by atoms with Gasteiger partial charge in [-0.25, -0.2) is 4.79 Å². The van der Waals surface area contributed by atoms with E-state index in [1.54, 1.807) is 0 Å². The lowest BCUT2D eigenvalue weighted by molar-refractivity contribution is 0.0716. The molecule has 2 aromatic rings. The molecule has 1 N–H and O–H groups in total. The molecule has 0 unspecified atom stereocenters. The van der Waals surface area contributed by atoms with Crippen LogP contribution in [0.1, 0.15) is 43.0 Å². The van der Waals surface area contributed by atoms with Crippen molar-refractivity contribution in [2.45, 2.75) is 56.2 Å². The second-order valence-electron chi connectivity index (χ2n) is 9.68. The van der Waals surface area contributed by atoms with Crippen LogP contribution in [0.2, 0.25) is 0 Å². The monoisotopic (exact) mass is 446 g/mol.